The lowest BCUT2D eigenvalue weighted by Crippen LogP contribution is -2.73. The van der Waals surface area contributed by atoms with Gasteiger partial charge >= 0.3 is 6.09 Å². The summed E-state index contributed by atoms with van der Waals surface area (Å²) in [7, 11) is 4.91. The monoisotopic (exact) mass is 551 g/mol. The van der Waals surface area contributed by atoms with Gasteiger partial charge in [-0.15, -0.1) is 0 Å². The van der Waals surface area contributed by atoms with E-state index in [2.05, 4.69) is 46.8 Å². The average Bonchev–Trinajstić information content (AvgIpc) is 3.00. The Morgan fingerprint density at radius 2 is 1.57 bits per heavy atom. The van der Waals surface area contributed by atoms with E-state index in [4.69, 9.17) is 14.2 Å². The summed E-state index contributed by atoms with van der Waals surface area (Å²) in [5.41, 5.74) is 7.17. The van der Waals surface area contributed by atoms with Crippen molar-refractivity contribution in [3.8, 4) is 11.5 Å². The average molecular weight is 552 g/mol. The van der Waals surface area contributed by atoms with E-state index >= 15 is 0 Å². The van der Waals surface area contributed by atoms with Crippen molar-refractivity contribution in [2.45, 2.75) is 45.8 Å². The zero-order chi connectivity index (χ0) is 28.8. The Labute approximate surface area is 236 Å². The summed E-state index contributed by atoms with van der Waals surface area (Å²) in [6.07, 6.45) is 0.468. The summed E-state index contributed by atoms with van der Waals surface area (Å²) in [6.45, 7) is 11.0. The number of fused-ring (bicyclic) bond motifs is 1. The van der Waals surface area contributed by atoms with Gasteiger partial charge in [0.05, 0.1) is 25.6 Å². The van der Waals surface area contributed by atoms with Crippen LogP contribution in [0.15, 0.2) is 36.4 Å². The molecule has 2 saturated heterocycles. The predicted molar refractivity (Wildman–Crippen MR) is 154 cm³/mol. The molecule has 0 radical (unpaired) electrons. The molecule has 0 aliphatic carbocycles. The van der Waals surface area contributed by atoms with Crippen molar-refractivity contribution in [3.05, 3.63) is 42.0 Å². The number of nitrogens with zero attached hydrogens (tertiary/aromatic N) is 3. The number of methoxy groups -OCH3 is 2. The molecule has 10 heteroatoms. The molecule has 216 valence electrons. The third-order valence-corrected chi connectivity index (χ3v) is 7.96. The van der Waals surface area contributed by atoms with Gasteiger partial charge in [0.25, 0.3) is 0 Å². The number of rotatable bonds is 5. The zero-order valence-corrected chi connectivity index (χ0v) is 24.5. The molecule has 2 fully saturated rings. The fourth-order valence-corrected chi connectivity index (χ4v) is 5.95. The van der Waals surface area contributed by atoms with Crippen molar-refractivity contribution in [3.63, 3.8) is 0 Å². The quantitative estimate of drug-likeness (QED) is 0.581. The number of hydrogen-bond donors (Lipinski definition) is 2. The van der Waals surface area contributed by atoms with Crippen LogP contribution >= 0.6 is 0 Å². The van der Waals surface area contributed by atoms with E-state index in [0.29, 0.717) is 17.9 Å². The molecule has 0 saturated carbocycles. The number of likely N-dealkylation sites (tertiary alicyclic amines) is 1. The van der Waals surface area contributed by atoms with Gasteiger partial charge in [0.1, 0.15) is 11.6 Å². The molecule has 2 atom stereocenters. The first kappa shape index (κ1) is 27.9. The van der Waals surface area contributed by atoms with E-state index in [1.807, 2.05) is 37.9 Å². The molecule has 10 nitrogen and oxygen atoms in total. The van der Waals surface area contributed by atoms with E-state index in [0.717, 1.165) is 48.8 Å². The minimum absolute atomic E-state index is 0.0427. The van der Waals surface area contributed by atoms with Crippen LogP contribution in [0.5, 0.6) is 11.5 Å². The van der Waals surface area contributed by atoms with E-state index in [1.165, 1.54) is 0 Å². The molecule has 2 amide bonds. The first-order chi connectivity index (χ1) is 19.0. The van der Waals surface area contributed by atoms with Crippen molar-refractivity contribution < 1.29 is 23.8 Å². The van der Waals surface area contributed by atoms with Gasteiger partial charge in [-0.1, -0.05) is 6.92 Å². The SMILES string of the molecule is CNC(=O)C1NN(c2ccc(N3CC4(CN(C(=O)OC(C)(C)C)C4)C3)cc2)c2cc(OC)c(OC)cc2C[C@@H]1C. The Kier molecular flexibility index (Phi) is 7.24. The molecule has 0 bridgehead atoms. The molecule has 3 heterocycles. The van der Waals surface area contributed by atoms with Crippen molar-refractivity contribution in [2.75, 3.05) is 57.4 Å². The van der Waals surface area contributed by atoms with Gasteiger partial charge in [-0.05, 0) is 69.0 Å². The highest BCUT2D eigenvalue weighted by atomic mass is 16.6. The first-order valence-corrected chi connectivity index (χ1v) is 13.8. The van der Waals surface area contributed by atoms with E-state index in [-0.39, 0.29) is 23.3 Å². The second-order valence-electron chi connectivity index (χ2n) is 12.3. The minimum Gasteiger partial charge on any atom is -0.493 e. The Bertz CT molecular complexity index is 1260. The lowest BCUT2D eigenvalue weighted by atomic mass is 9.73. The van der Waals surface area contributed by atoms with Crippen LogP contribution in [-0.2, 0) is 16.0 Å². The summed E-state index contributed by atoms with van der Waals surface area (Å²) in [6, 6.07) is 11.9. The molecule has 5 rings (SSSR count). The van der Waals surface area contributed by atoms with Gasteiger partial charge in [-0.25, -0.2) is 10.2 Å². The maximum Gasteiger partial charge on any atom is 0.410 e. The number of amides is 2. The highest BCUT2D eigenvalue weighted by Gasteiger charge is 2.54. The molecule has 0 aromatic heterocycles. The van der Waals surface area contributed by atoms with Crippen LogP contribution in [0.1, 0.15) is 33.3 Å². The molecule has 2 aromatic carbocycles. The number of ether oxygens (including phenoxy) is 3. The predicted octanol–water partition coefficient (Wildman–Crippen LogP) is 3.71. The van der Waals surface area contributed by atoms with Gasteiger partial charge in [-0.2, -0.15) is 0 Å². The van der Waals surface area contributed by atoms with Crippen molar-refractivity contribution in [1.82, 2.24) is 15.6 Å². The maximum atomic E-state index is 12.8. The number of likely N-dealkylation sites (N-methyl/N-ethyl adjacent to an activating group) is 1. The number of hydrazine groups is 1. The minimum atomic E-state index is -0.481. The molecule has 2 N–H and O–H groups in total. The summed E-state index contributed by atoms with van der Waals surface area (Å²) in [5, 5.41) is 4.78. The normalized spacial score (nSPS) is 21.5. The number of carbonyl (C=O) groups excluding carboxylic acids is 2. The van der Waals surface area contributed by atoms with Crippen molar-refractivity contribution in [2.24, 2.45) is 11.3 Å². The molecular formula is C30H41N5O5. The van der Waals surface area contributed by atoms with Crippen molar-refractivity contribution >= 4 is 29.1 Å². The number of anilines is 3. The highest BCUT2D eigenvalue weighted by Crippen LogP contribution is 2.44. The third-order valence-electron chi connectivity index (χ3n) is 7.96. The lowest BCUT2D eigenvalue weighted by Gasteiger charge is -2.60. The molecule has 3 aliphatic rings. The number of nitrogens with one attached hydrogen (secondary N) is 2. The van der Waals surface area contributed by atoms with Crippen LogP contribution in [0.25, 0.3) is 0 Å². The Morgan fingerprint density at radius 1 is 0.975 bits per heavy atom. The van der Waals surface area contributed by atoms with Gasteiger partial charge < -0.3 is 29.3 Å². The molecular weight excluding hydrogens is 510 g/mol. The molecule has 2 aromatic rings. The first-order valence-electron chi connectivity index (χ1n) is 13.8. The summed E-state index contributed by atoms with van der Waals surface area (Å²) in [4.78, 5) is 29.3. The topological polar surface area (TPSA) is 95.6 Å². The fraction of sp³-hybridized carbons (Fsp3) is 0.533. The third kappa shape index (κ3) is 5.24. The van der Waals surface area contributed by atoms with Crippen LogP contribution in [0.2, 0.25) is 0 Å². The fourth-order valence-electron chi connectivity index (χ4n) is 5.95. The number of benzene rings is 2. The highest BCUT2D eigenvalue weighted by molar-refractivity contribution is 5.83. The molecule has 3 aliphatic heterocycles. The van der Waals surface area contributed by atoms with Gasteiger partial charge in [-0.3, -0.25) is 9.80 Å². The Hall–Kier alpha value is -3.66. The lowest BCUT2D eigenvalue weighted by molar-refractivity contribution is -0.123. The van der Waals surface area contributed by atoms with Gasteiger partial charge in [0, 0.05) is 50.4 Å². The zero-order valence-electron chi connectivity index (χ0n) is 24.5. The summed E-state index contributed by atoms with van der Waals surface area (Å²) < 4.78 is 16.7. The Morgan fingerprint density at radius 3 is 2.15 bits per heavy atom. The Balaban J connectivity index is 1.33. The van der Waals surface area contributed by atoms with E-state index in [1.54, 1.807) is 26.2 Å². The largest absolute Gasteiger partial charge is 0.493 e. The van der Waals surface area contributed by atoms with Crippen LogP contribution in [0.4, 0.5) is 21.9 Å². The summed E-state index contributed by atoms with van der Waals surface area (Å²) in [5.74, 6) is 1.27. The van der Waals surface area contributed by atoms with Gasteiger partial charge in [0.15, 0.2) is 11.5 Å². The number of carbonyl (C=O) groups is 2. The maximum absolute atomic E-state index is 12.8. The second-order valence-corrected chi connectivity index (χ2v) is 12.3. The molecule has 1 spiro atoms. The van der Waals surface area contributed by atoms with Crippen molar-refractivity contribution in [1.29, 1.82) is 0 Å². The van der Waals surface area contributed by atoms with Crippen LogP contribution in [-0.4, -0.2) is 76.0 Å². The van der Waals surface area contributed by atoms with Crippen LogP contribution in [0, 0.1) is 11.3 Å². The van der Waals surface area contributed by atoms with Gasteiger partial charge in [0.2, 0.25) is 5.91 Å². The molecule has 1 unspecified atom stereocenters. The number of hydrogen-bond acceptors (Lipinski definition) is 8. The van der Waals surface area contributed by atoms with Crippen LogP contribution < -0.4 is 30.1 Å². The second kappa shape index (κ2) is 10.4. The van der Waals surface area contributed by atoms with E-state index < -0.39 is 11.6 Å². The smallest absolute Gasteiger partial charge is 0.410 e. The molecule has 40 heavy (non-hydrogen) atoms. The standard InChI is InChI=1S/C30H41N5O5/c1-19-12-20-13-24(38-6)25(39-7)14-23(20)35(32-26(19)27(36)31-5)22-10-8-21(9-11-22)33-15-30(16-33)17-34(18-30)28(37)40-29(2,3)4/h8-11,13-14,19,26,32H,12,15-18H2,1-7H3,(H,31,36)/t19-,26?/m0/s1. The summed E-state index contributed by atoms with van der Waals surface area (Å²) >= 11 is 0. The van der Waals surface area contributed by atoms with E-state index in [9.17, 15) is 9.59 Å². The van der Waals surface area contributed by atoms with Crippen LogP contribution in [0.3, 0.4) is 0 Å².